The molecule has 2 N–H and O–H groups in total. The second kappa shape index (κ2) is 5.75. The molecule has 0 aliphatic heterocycles. The highest BCUT2D eigenvalue weighted by Gasteiger charge is 2.36. The molecule has 102 valence electrons. The first-order chi connectivity index (χ1) is 9.25. The highest BCUT2D eigenvalue weighted by Crippen LogP contribution is 2.38. The maximum absolute atomic E-state index is 6.29. The molecule has 0 spiro atoms. The van der Waals surface area contributed by atoms with E-state index in [0.717, 1.165) is 12.6 Å². The van der Waals surface area contributed by atoms with E-state index in [4.69, 9.17) is 5.73 Å². The summed E-state index contributed by atoms with van der Waals surface area (Å²) in [4.78, 5) is 4.01. The molecule has 2 atom stereocenters. The van der Waals surface area contributed by atoms with E-state index >= 15 is 0 Å². The van der Waals surface area contributed by atoms with Gasteiger partial charge in [0.1, 0.15) is 0 Å². The van der Waals surface area contributed by atoms with Crippen LogP contribution in [0, 0.1) is 0 Å². The summed E-state index contributed by atoms with van der Waals surface area (Å²) in [5, 5.41) is 6.56. The Labute approximate surface area is 122 Å². The fourth-order valence-corrected chi connectivity index (χ4v) is 4.26. The topological polar surface area (TPSA) is 29.3 Å². The second-order valence-electron chi connectivity index (χ2n) is 5.35. The van der Waals surface area contributed by atoms with Crippen LogP contribution in [-0.2, 0) is 6.54 Å². The summed E-state index contributed by atoms with van der Waals surface area (Å²) in [6, 6.07) is 7.82. The fraction of sp³-hybridized carbons (Fsp3) is 0.467. The average Bonchev–Trinajstić information content (AvgIpc) is 2.88. The van der Waals surface area contributed by atoms with E-state index in [2.05, 4.69) is 46.2 Å². The summed E-state index contributed by atoms with van der Waals surface area (Å²) in [5.74, 6) is 0. The van der Waals surface area contributed by atoms with Gasteiger partial charge >= 0.3 is 0 Å². The molecule has 2 nitrogen and oxygen atoms in total. The van der Waals surface area contributed by atoms with Gasteiger partial charge in [-0.2, -0.15) is 11.3 Å². The summed E-state index contributed by atoms with van der Waals surface area (Å²) in [6.45, 7) is 3.16. The van der Waals surface area contributed by atoms with Gasteiger partial charge in [0.25, 0.3) is 0 Å². The smallest absolute Gasteiger partial charge is 0.0596 e. The highest BCUT2D eigenvalue weighted by molar-refractivity contribution is 7.10. The van der Waals surface area contributed by atoms with Crippen LogP contribution in [0.2, 0.25) is 0 Å². The molecular weight excluding hydrogens is 272 g/mol. The molecular formula is C15H20N2S2. The first-order valence-electron chi connectivity index (χ1n) is 6.81. The summed E-state index contributed by atoms with van der Waals surface area (Å²) >= 11 is 3.60. The van der Waals surface area contributed by atoms with Crippen molar-refractivity contribution < 1.29 is 0 Å². The van der Waals surface area contributed by atoms with Crippen molar-refractivity contribution in [2.75, 3.05) is 0 Å². The zero-order valence-electron chi connectivity index (χ0n) is 11.2. The van der Waals surface area contributed by atoms with E-state index in [1.807, 2.05) is 11.3 Å². The van der Waals surface area contributed by atoms with Crippen molar-refractivity contribution in [3.8, 4) is 0 Å². The third kappa shape index (κ3) is 3.08. The van der Waals surface area contributed by atoms with E-state index in [-0.39, 0.29) is 6.04 Å². The molecule has 1 saturated carbocycles. The minimum absolute atomic E-state index is 0.165. The second-order valence-corrected chi connectivity index (χ2v) is 7.11. The molecule has 1 aliphatic carbocycles. The predicted molar refractivity (Wildman–Crippen MR) is 83.6 cm³/mol. The molecule has 0 aromatic carbocycles. The molecule has 0 radical (unpaired) electrons. The summed E-state index contributed by atoms with van der Waals surface area (Å²) in [6.07, 6.45) is 2.64. The Hall–Kier alpha value is -0.680. The lowest BCUT2D eigenvalue weighted by atomic mass is 10.1. The van der Waals surface area contributed by atoms with Crippen molar-refractivity contribution in [2.45, 2.75) is 44.4 Å². The van der Waals surface area contributed by atoms with Gasteiger partial charge in [0.15, 0.2) is 0 Å². The van der Waals surface area contributed by atoms with Gasteiger partial charge < -0.3 is 5.73 Å². The SMILES string of the molecule is CC(N)C(c1cccs1)N(Cc1ccsc1)C1CC1. The Kier molecular flexibility index (Phi) is 4.03. The number of nitrogens with two attached hydrogens (primary N) is 1. The number of thiophene rings is 2. The predicted octanol–water partition coefficient (Wildman–Crippen LogP) is 3.86. The Balaban J connectivity index is 1.84. The minimum Gasteiger partial charge on any atom is -0.326 e. The van der Waals surface area contributed by atoms with Crippen LogP contribution >= 0.6 is 22.7 Å². The van der Waals surface area contributed by atoms with E-state index in [0.29, 0.717) is 6.04 Å². The maximum Gasteiger partial charge on any atom is 0.0596 e. The number of hydrogen-bond donors (Lipinski definition) is 1. The molecule has 2 aromatic rings. The van der Waals surface area contributed by atoms with Crippen LogP contribution in [0.3, 0.4) is 0 Å². The number of nitrogens with zero attached hydrogens (tertiary/aromatic N) is 1. The van der Waals surface area contributed by atoms with Gasteiger partial charge in [-0.1, -0.05) is 6.07 Å². The number of rotatable bonds is 6. The molecule has 1 fully saturated rings. The van der Waals surface area contributed by atoms with Crippen molar-refractivity contribution >= 4 is 22.7 Å². The van der Waals surface area contributed by atoms with Crippen LogP contribution in [0.15, 0.2) is 34.3 Å². The van der Waals surface area contributed by atoms with Gasteiger partial charge in [-0.05, 0) is 53.6 Å². The van der Waals surface area contributed by atoms with E-state index in [9.17, 15) is 0 Å². The zero-order valence-corrected chi connectivity index (χ0v) is 12.8. The van der Waals surface area contributed by atoms with Crippen LogP contribution in [0.25, 0.3) is 0 Å². The standard InChI is InChI=1S/C15H20N2S2/c1-11(16)15(14-3-2-7-19-14)17(13-4-5-13)9-12-6-8-18-10-12/h2-3,6-8,10-11,13,15H,4-5,9,16H2,1H3. The van der Waals surface area contributed by atoms with E-state index in [1.54, 1.807) is 11.3 Å². The molecule has 2 heterocycles. The zero-order chi connectivity index (χ0) is 13.2. The van der Waals surface area contributed by atoms with Gasteiger partial charge in [0, 0.05) is 23.5 Å². The van der Waals surface area contributed by atoms with Crippen molar-refractivity contribution in [3.63, 3.8) is 0 Å². The Morgan fingerprint density at radius 2 is 2.21 bits per heavy atom. The maximum atomic E-state index is 6.29. The Bertz CT molecular complexity index is 486. The van der Waals surface area contributed by atoms with Gasteiger partial charge in [-0.15, -0.1) is 11.3 Å². The lowest BCUT2D eigenvalue weighted by Gasteiger charge is -2.33. The van der Waals surface area contributed by atoms with Crippen LogP contribution in [0.4, 0.5) is 0 Å². The summed E-state index contributed by atoms with van der Waals surface area (Å²) in [7, 11) is 0. The van der Waals surface area contributed by atoms with Crippen molar-refractivity contribution in [1.82, 2.24) is 4.90 Å². The van der Waals surface area contributed by atoms with Crippen molar-refractivity contribution in [3.05, 3.63) is 44.8 Å². The lowest BCUT2D eigenvalue weighted by molar-refractivity contribution is 0.160. The van der Waals surface area contributed by atoms with Crippen molar-refractivity contribution in [1.29, 1.82) is 0 Å². The van der Waals surface area contributed by atoms with Crippen LogP contribution < -0.4 is 5.73 Å². The molecule has 3 rings (SSSR count). The van der Waals surface area contributed by atoms with Crippen molar-refractivity contribution in [2.24, 2.45) is 5.73 Å². The molecule has 0 amide bonds. The van der Waals surface area contributed by atoms with Gasteiger partial charge in [0.05, 0.1) is 6.04 Å². The van der Waals surface area contributed by atoms with Crippen LogP contribution in [0.5, 0.6) is 0 Å². The van der Waals surface area contributed by atoms with Gasteiger partial charge in [-0.25, -0.2) is 0 Å². The van der Waals surface area contributed by atoms with Crippen LogP contribution in [-0.4, -0.2) is 17.0 Å². The molecule has 19 heavy (non-hydrogen) atoms. The van der Waals surface area contributed by atoms with E-state index < -0.39 is 0 Å². The first-order valence-corrected chi connectivity index (χ1v) is 8.64. The Morgan fingerprint density at radius 3 is 2.74 bits per heavy atom. The van der Waals surface area contributed by atoms with Gasteiger partial charge in [-0.3, -0.25) is 4.90 Å². The monoisotopic (exact) mass is 292 g/mol. The normalized spacial score (nSPS) is 18.7. The quantitative estimate of drug-likeness (QED) is 0.876. The lowest BCUT2D eigenvalue weighted by Crippen LogP contribution is -2.40. The molecule has 2 aromatic heterocycles. The average molecular weight is 292 g/mol. The summed E-state index contributed by atoms with van der Waals surface area (Å²) < 4.78 is 0. The third-order valence-electron chi connectivity index (χ3n) is 3.65. The summed E-state index contributed by atoms with van der Waals surface area (Å²) in [5.41, 5.74) is 7.71. The molecule has 0 saturated heterocycles. The number of hydrogen-bond acceptors (Lipinski definition) is 4. The first kappa shape index (κ1) is 13.3. The highest BCUT2D eigenvalue weighted by atomic mass is 32.1. The molecule has 4 heteroatoms. The fourth-order valence-electron chi connectivity index (χ4n) is 2.64. The minimum atomic E-state index is 0.165. The van der Waals surface area contributed by atoms with Gasteiger partial charge in [0.2, 0.25) is 0 Å². The van der Waals surface area contributed by atoms with Crippen LogP contribution in [0.1, 0.15) is 36.2 Å². The Morgan fingerprint density at radius 1 is 1.37 bits per heavy atom. The molecule has 1 aliphatic rings. The van der Waals surface area contributed by atoms with E-state index in [1.165, 1.54) is 23.3 Å². The molecule has 2 unspecified atom stereocenters. The largest absolute Gasteiger partial charge is 0.326 e. The molecule has 0 bridgehead atoms. The third-order valence-corrected chi connectivity index (χ3v) is 5.33.